The summed E-state index contributed by atoms with van der Waals surface area (Å²) < 4.78 is 23.8. The average Bonchev–Trinajstić information content (AvgIpc) is 2.52. The highest BCUT2D eigenvalue weighted by molar-refractivity contribution is 4.80. The summed E-state index contributed by atoms with van der Waals surface area (Å²) >= 11 is 0. The summed E-state index contributed by atoms with van der Waals surface area (Å²) in [6.45, 7) is 13.8. The maximum absolute atomic E-state index is 6.13. The molecule has 4 atom stereocenters. The van der Waals surface area contributed by atoms with Crippen LogP contribution in [0.5, 0.6) is 0 Å². The van der Waals surface area contributed by atoms with E-state index >= 15 is 0 Å². The van der Waals surface area contributed by atoms with Crippen LogP contribution in [-0.4, -0.2) is 57.4 Å². The van der Waals surface area contributed by atoms with E-state index in [4.69, 9.17) is 24.7 Å². The van der Waals surface area contributed by atoms with E-state index < -0.39 is 0 Å². The highest BCUT2D eigenvalue weighted by atomic mass is 16.6. The molecule has 0 amide bonds. The van der Waals surface area contributed by atoms with Crippen LogP contribution >= 0.6 is 0 Å². The van der Waals surface area contributed by atoms with Gasteiger partial charge >= 0.3 is 0 Å². The van der Waals surface area contributed by atoms with Gasteiger partial charge in [-0.25, -0.2) is 0 Å². The van der Waals surface area contributed by atoms with Crippen LogP contribution < -0.4 is 5.73 Å². The molecule has 0 aromatic carbocycles. The lowest BCUT2D eigenvalue weighted by Crippen LogP contribution is -2.44. The zero-order chi connectivity index (χ0) is 17.2. The number of hydrogen-bond donors (Lipinski definition) is 1. The molecule has 0 radical (unpaired) electrons. The largest absolute Gasteiger partial charge is 0.377 e. The molecular formula is C18H37NO4. The summed E-state index contributed by atoms with van der Waals surface area (Å²) in [5, 5.41) is 0. The Bertz CT molecular complexity index is 299. The maximum atomic E-state index is 6.13. The Morgan fingerprint density at radius 1 is 0.957 bits per heavy atom. The van der Waals surface area contributed by atoms with Gasteiger partial charge in [0.2, 0.25) is 0 Å². The van der Waals surface area contributed by atoms with Gasteiger partial charge < -0.3 is 24.7 Å². The summed E-state index contributed by atoms with van der Waals surface area (Å²) in [6, 6.07) is -0.0943. The molecule has 5 nitrogen and oxygen atoms in total. The standard InChI is InChI=1S/C18H37NO4/c1-13(2)6-8-21-17-12-20-10-16(19)11-23-15(5)18(17)22-9-7-14(3)4/h13-18H,6-12,19H2,1-5H3/t15-,16-,17-,18-/m0/s1. The normalized spacial score (nSPS) is 30.3. The van der Waals surface area contributed by atoms with E-state index in [1.165, 1.54) is 0 Å². The molecule has 2 N–H and O–H groups in total. The lowest BCUT2D eigenvalue weighted by molar-refractivity contribution is -0.145. The smallest absolute Gasteiger partial charge is 0.112 e. The first-order valence-corrected chi connectivity index (χ1v) is 9.08. The first-order valence-electron chi connectivity index (χ1n) is 9.08. The number of nitrogens with two attached hydrogens (primary N) is 1. The van der Waals surface area contributed by atoms with Crippen molar-refractivity contribution in [3.05, 3.63) is 0 Å². The molecule has 5 heteroatoms. The molecular weight excluding hydrogens is 294 g/mol. The van der Waals surface area contributed by atoms with Crippen LogP contribution in [0, 0.1) is 11.8 Å². The topological polar surface area (TPSA) is 62.9 Å². The summed E-state index contributed by atoms with van der Waals surface area (Å²) in [7, 11) is 0. The molecule has 0 bridgehead atoms. The fourth-order valence-corrected chi connectivity index (χ4v) is 2.43. The van der Waals surface area contributed by atoms with Gasteiger partial charge in [0.25, 0.3) is 0 Å². The van der Waals surface area contributed by atoms with Gasteiger partial charge in [0.1, 0.15) is 12.2 Å². The summed E-state index contributed by atoms with van der Waals surface area (Å²) in [6.07, 6.45) is 1.78. The maximum Gasteiger partial charge on any atom is 0.112 e. The minimum atomic E-state index is -0.119. The van der Waals surface area contributed by atoms with Crippen molar-refractivity contribution in [3.8, 4) is 0 Å². The lowest BCUT2D eigenvalue weighted by Gasteiger charge is -2.31. The van der Waals surface area contributed by atoms with Crippen molar-refractivity contribution >= 4 is 0 Å². The Morgan fingerprint density at radius 2 is 1.57 bits per heavy atom. The van der Waals surface area contributed by atoms with Gasteiger partial charge in [-0.2, -0.15) is 0 Å². The van der Waals surface area contributed by atoms with Gasteiger partial charge in [-0.1, -0.05) is 27.7 Å². The van der Waals surface area contributed by atoms with E-state index in [1.807, 2.05) is 6.92 Å². The SMILES string of the molecule is CC(C)CCO[C@H]1[C@H](C)OC[C@@H](N)COC[C@@H]1OCCC(C)C. The Hall–Kier alpha value is -0.200. The second kappa shape index (κ2) is 11.4. The molecule has 0 aliphatic carbocycles. The van der Waals surface area contributed by atoms with E-state index in [0.29, 0.717) is 44.9 Å². The monoisotopic (exact) mass is 331 g/mol. The highest BCUT2D eigenvalue weighted by Gasteiger charge is 2.31. The first-order chi connectivity index (χ1) is 10.9. The summed E-state index contributed by atoms with van der Waals surface area (Å²) in [5.41, 5.74) is 5.97. The van der Waals surface area contributed by atoms with E-state index in [-0.39, 0.29) is 24.4 Å². The van der Waals surface area contributed by atoms with Crippen molar-refractivity contribution in [2.24, 2.45) is 17.6 Å². The fourth-order valence-electron chi connectivity index (χ4n) is 2.43. The van der Waals surface area contributed by atoms with Crippen LogP contribution in [-0.2, 0) is 18.9 Å². The molecule has 0 aromatic rings. The van der Waals surface area contributed by atoms with E-state index in [2.05, 4.69) is 27.7 Å². The molecule has 0 spiro atoms. The molecule has 1 heterocycles. The number of ether oxygens (including phenoxy) is 4. The van der Waals surface area contributed by atoms with Crippen molar-refractivity contribution < 1.29 is 18.9 Å². The van der Waals surface area contributed by atoms with Gasteiger partial charge in [-0.15, -0.1) is 0 Å². The van der Waals surface area contributed by atoms with Gasteiger partial charge in [0.15, 0.2) is 0 Å². The first kappa shape index (κ1) is 20.8. The predicted molar refractivity (Wildman–Crippen MR) is 92.6 cm³/mol. The average molecular weight is 331 g/mol. The van der Waals surface area contributed by atoms with Crippen molar-refractivity contribution in [2.45, 2.75) is 71.8 Å². The van der Waals surface area contributed by atoms with Gasteiger partial charge in [-0.3, -0.25) is 0 Å². The summed E-state index contributed by atoms with van der Waals surface area (Å²) in [5.74, 6) is 1.24. The molecule has 1 aliphatic heterocycles. The second-order valence-electron chi connectivity index (χ2n) is 7.45. The van der Waals surface area contributed by atoms with Crippen molar-refractivity contribution in [1.29, 1.82) is 0 Å². The predicted octanol–water partition coefficient (Wildman–Crippen LogP) is 2.61. The zero-order valence-electron chi connectivity index (χ0n) is 15.6. The zero-order valence-corrected chi connectivity index (χ0v) is 15.6. The lowest BCUT2D eigenvalue weighted by atomic mass is 10.1. The summed E-state index contributed by atoms with van der Waals surface area (Å²) in [4.78, 5) is 0. The molecule has 0 saturated carbocycles. The van der Waals surface area contributed by atoms with Crippen LogP contribution in [0.15, 0.2) is 0 Å². The van der Waals surface area contributed by atoms with E-state index in [0.717, 1.165) is 12.8 Å². The molecule has 0 aromatic heterocycles. The fraction of sp³-hybridized carbons (Fsp3) is 1.00. The minimum absolute atomic E-state index is 0.0565. The minimum Gasteiger partial charge on any atom is -0.377 e. The Morgan fingerprint density at radius 3 is 2.17 bits per heavy atom. The number of rotatable bonds is 8. The molecule has 1 saturated heterocycles. The third kappa shape index (κ3) is 9.01. The Kier molecular flexibility index (Phi) is 10.3. The highest BCUT2D eigenvalue weighted by Crippen LogP contribution is 2.17. The van der Waals surface area contributed by atoms with Crippen LogP contribution in [0.25, 0.3) is 0 Å². The molecule has 1 aliphatic rings. The molecule has 138 valence electrons. The third-order valence-corrected chi connectivity index (χ3v) is 4.05. The van der Waals surface area contributed by atoms with Crippen LogP contribution in [0.4, 0.5) is 0 Å². The van der Waals surface area contributed by atoms with Gasteiger partial charge in [0.05, 0.1) is 32.0 Å². The third-order valence-electron chi connectivity index (χ3n) is 4.05. The molecule has 23 heavy (non-hydrogen) atoms. The van der Waals surface area contributed by atoms with Crippen LogP contribution in [0.1, 0.15) is 47.5 Å². The van der Waals surface area contributed by atoms with Crippen molar-refractivity contribution in [2.75, 3.05) is 33.0 Å². The second-order valence-corrected chi connectivity index (χ2v) is 7.45. The number of hydrogen-bond acceptors (Lipinski definition) is 5. The van der Waals surface area contributed by atoms with Gasteiger partial charge in [-0.05, 0) is 31.6 Å². The van der Waals surface area contributed by atoms with Crippen molar-refractivity contribution in [1.82, 2.24) is 0 Å². The van der Waals surface area contributed by atoms with E-state index in [9.17, 15) is 0 Å². The van der Waals surface area contributed by atoms with Crippen LogP contribution in [0.3, 0.4) is 0 Å². The van der Waals surface area contributed by atoms with Crippen LogP contribution in [0.2, 0.25) is 0 Å². The van der Waals surface area contributed by atoms with Gasteiger partial charge in [0, 0.05) is 13.2 Å². The van der Waals surface area contributed by atoms with E-state index in [1.54, 1.807) is 0 Å². The Labute approximate surface area is 142 Å². The van der Waals surface area contributed by atoms with Crippen molar-refractivity contribution in [3.63, 3.8) is 0 Å². The molecule has 1 fully saturated rings. The Balaban J connectivity index is 2.64. The quantitative estimate of drug-likeness (QED) is 0.741. The molecule has 1 rings (SSSR count). The molecule has 0 unspecified atom stereocenters.